The number of rotatable bonds is 5. The lowest BCUT2D eigenvalue weighted by Crippen LogP contribution is -2.38. The van der Waals surface area contributed by atoms with Crippen LogP contribution < -0.4 is 0 Å². The van der Waals surface area contributed by atoms with Gasteiger partial charge >= 0.3 is 0 Å². The molecule has 19 heavy (non-hydrogen) atoms. The predicted octanol–water partition coefficient (Wildman–Crippen LogP) is 2.55. The van der Waals surface area contributed by atoms with E-state index in [0.29, 0.717) is 6.04 Å². The maximum Gasteiger partial charge on any atom is 0.230 e. The van der Waals surface area contributed by atoms with Gasteiger partial charge in [0.1, 0.15) is 0 Å². The molecule has 1 aliphatic heterocycles. The van der Waals surface area contributed by atoms with Gasteiger partial charge in [0, 0.05) is 19.2 Å². The standard InChI is InChI=1S/C16H23NO2/c1-13(14-7-3-2-4-8-14)16(19)17-11-5-9-15(17)10-6-12-18/h2-4,7-8,13,15,18H,5-6,9-12H2,1H3. The summed E-state index contributed by atoms with van der Waals surface area (Å²) in [6, 6.07) is 10.3. The molecule has 0 aliphatic carbocycles. The van der Waals surface area contributed by atoms with Crippen LogP contribution in [0.2, 0.25) is 0 Å². The number of amides is 1. The number of likely N-dealkylation sites (tertiary alicyclic amines) is 1. The van der Waals surface area contributed by atoms with E-state index >= 15 is 0 Å². The predicted molar refractivity (Wildman–Crippen MR) is 75.9 cm³/mol. The Morgan fingerprint density at radius 3 is 2.84 bits per heavy atom. The van der Waals surface area contributed by atoms with Crippen LogP contribution in [0.25, 0.3) is 0 Å². The van der Waals surface area contributed by atoms with E-state index in [4.69, 9.17) is 5.11 Å². The zero-order valence-corrected chi connectivity index (χ0v) is 11.6. The third-order valence-electron chi connectivity index (χ3n) is 4.03. The maximum absolute atomic E-state index is 12.6. The van der Waals surface area contributed by atoms with Gasteiger partial charge in [-0.1, -0.05) is 30.3 Å². The Labute approximate surface area is 115 Å². The Morgan fingerprint density at radius 2 is 2.16 bits per heavy atom. The van der Waals surface area contributed by atoms with Gasteiger partial charge in [0.25, 0.3) is 0 Å². The molecule has 2 unspecified atom stereocenters. The van der Waals surface area contributed by atoms with E-state index in [9.17, 15) is 4.79 Å². The van der Waals surface area contributed by atoms with E-state index in [2.05, 4.69) is 0 Å². The summed E-state index contributed by atoms with van der Waals surface area (Å²) < 4.78 is 0. The van der Waals surface area contributed by atoms with Crippen LogP contribution in [-0.4, -0.2) is 35.1 Å². The molecule has 104 valence electrons. The molecule has 2 rings (SSSR count). The van der Waals surface area contributed by atoms with Crippen molar-refractivity contribution in [2.75, 3.05) is 13.2 Å². The van der Waals surface area contributed by atoms with E-state index in [1.807, 2.05) is 42.2 Å². The Kier molecular flexibility index (Phi) is 4.97. The smallest absolute Gasteiger partial charge is 0.230 e. The molecule has 1 aromatic carbocycles. The van der Waals surface area contributed by atoms with Crippen molar-refractivity contribution in [3.8, 4) is 0 Å². The highest BCUT2D eigenvalue weighted by Crippen LogP contribution is 2.26. The Hall–Kier alpha value is -1.35. The third kappa shape index (κ3) is 3.35. The summed E-state index contributed by atoms with van der Waals surface area (Å²) in [7, 11) is 0. The largest absolute Gasteiger partial charge is 0.396 e. The average Bonchev–Trinajstić information content (AvgIpc) is 2.92. The second-order valence-electron chi connectivity index (χ2n) is 5.33. The normalized spacial score (nSPS) is 20.5. The molecule has 0 radical (unpaired) electrons. The Bertz CT molecular complexity index is 404. The van der Waals surface area contributed by atoms with Gasteiger partial charge < -0.3 is 10.0 Å². The zero-order chi connectivity index (χ0) is 13.7. The number of hydrogen-bond acceptors (Lipinski definition) is 2. The molecule has 2 atom stereocenters. The Balaban J connectivity index is 2.02. The molecule has 1 aromatic rings. The third-order valence-corrected chi connectivity index (χ3v) is 4.03. The molecule has 1 amide bonds. The molecule has 3 heteroatoms. The van der Waals surface area contributed by atoms with Crippen molar-refractivity contribution in [1.29, 1.82) is 0 Å². The highest BCUT2D eigenvalue weighted by atomic mass is 16.3. The summed E-state index contributed by atoms with van der Waals surface area (Å²) in [5.74, 6) is 0.155. The lowest BCUT2D eigenvalue weighted by atomic mass is 9.99. The first-order chi connectivity index (χ1) is 9.24. The van der Waals surface area contributed by atoms with Crippen molar-refractivity contribution in [1.82, 2.24) is 4.90 Å². The van der Waals surface area contributed by atoms with Gasteiger partial charge in [0.05, 0.1) is 5.92 Å². The first-order valence-corrected chi connectivity index (χ1v) is 7.20. The van der Waals surface area contributed by atoms with Crippen LogP contribution >= 0.6 is 0 Å². The van der Waals surface area contributed by atoms with Crippen molar-refractivity contribution in [2.45, 2.75) is 44.6 Å². The minimum atomic E-state index is -0.0732. The van der Waals surface area contributed by atoms with Crippen LogP contribution in [0.15, 0.2) is 30.3 Å². The van der Waals surface area contributed by atoms with E-state index in [0.717, 1.165) is 37.8 Å². The average molecular weight is 261 g/mol. The lowest BCUT2D eigenvalue weighted by molar-refractivity contribution is -0.133. The van der Waals surface area contributed by atoms with E-state index in [-0.39, 0.29) is 18.4 Å². The first-order valence-electron chi connectivity index (χ1n) is 7.20. The molecule has 1 saturated heterocycles. The van der Waals surface area contributed by atoms with E-state index in [1.165, 1.54) is 0 Å². The van der Waals surface area contributed by atoms with Crippen LogP contribution in [0.5, 0.6) is 0 Å². The molecule has 0 spiro atoms. The molecular formula is C16H23NO2. The number of nitrogens with zero attached hydrogens (tertiary/aromatic N) is 1. The summed E-state index contributed by atoms with van der Waals surface area (Å²) in [5.41, 5.74) is 1.08. The van der Waals surface area contributed by atoms with Crippen LogP contribution in [0.4, 0.5) is 0 Å². The van der Waals surface area contributed by atoms with Gasteiger partial charge in [-0.25, -0.2) is 0 Å². The van der Waals surface area contributed by atoms with Crippen LogP contribution in [-0.2, 0) is 4.79 Å². The molecule has 1 fully saturated rings. The second-order valence-corrected chi connectivity index (χ2v) is 5.33. The number of carbonyl (C=O) groups excluding carboxylic acids is 1. The van der Waals surface area contributed by atoms with Crippen molar-refractivity contribution >= 4 is 5.91 Å². The number of benzene rings is 1. The van der Waals surface area contributed by atoms with Crippen molar-refractivity contribution in [3.05, 3.63) is 35.9 Å². The van der Waals surface area contributed by atoms with E-state index in [1.54, 1.807) is 0 Å². The summed E-state index contributed by atoms with van der Waals surface area (Å²) in [5, 5.41) is 8.94. The fourth-order valence-electron chi connectivity index (χ4n) is 2.89. The highest BCUT2D eigenvalue weighted by molar-refractivity contribution is 5.83. The van der Waals surface area contributed by atoms with Gasteiger partial charge in [0.15, 0.2) is 0 Å². The molecule has 0 bridgehead atoms. The van der Waals surface area contributed by atoms with Gasteiger partial charge in [0.2, 0.25) is 5.91 Å². The molecule has 1 aliphatic rings. The molecule has 0 aromatic heterocycles. The van der Waals surface area contributed by atoms with Crippen LogP contribution in [0, 0.1) is 0 Å². The van der Waals surface area contributed by atoms with Crippen molar-refractivity contribution < 1.29 is 9.90 Å². The summed E-state index contributed by atoms with van der Waals surface area (Å²) in [6.07, 6.45) is 3.87. The van der Waals surface area contributed by atoms with Crippen molar-refractivity contribution in [3.63, 3.8) is 0 Å². The summed E-state index contributed by atoms with van der Waals surface area (Å²) in [4.78, 5) is 14.6. The van der Waals surface area contributed by atoms with Gasteiger partial charge in [-0.3, -0.25) is 4.79 Å². The quantitative estimate of drug-likeness (QED) is 0.885. The van der Waals surface area contributed by atoms with Gasteiger partial charge in [-0.05, 0) is 38.2 Å². The number of aliphatic hydroxyl groups excluding tert-OH is 1. The zero-order valence-electron chi connectivity index (χ0n) is 11.6. The van der Waals surface area contributed by atoms with Gasteiger partial charge in [-0.15, -0.1) is 0 Å². The first kappa shape index (κ1) is 14.1. The monoisotopic (exact) mass is 261 g/mol. The van der Waals surface area contributed by atoms with Crippen LogP contribution in [0.3, 0.4) is 0 Å². The topological polar surface area (TPSA) is 40.5 Å². The Morgan fingerprint density at radius 1 is 1.42 bits per heavy atom. The minimum Gasteiger partial charge on any atom is -0.396 e. The number of aliphatic hydroxyl groups is 1. The number of carbonyl (C=O) groups is 1. The molecule has 1 N–H and O–H groups in total. The summed E-state index contributed by atoms with van der Waals surface area (Å²) >= 11 is 0. The highest BCUT2D eigenvalue weighted by Gasteiger charge is 2.31. The summed E-state index contributed by atoms with van der Waals surface area (Å²) in [6.45, 7) is 3.07. The van der Waals surface area contributed by atoms with Gasteiger partial charge in [-0.2, -0.15) is 0 Å². The van der Waals surface area contributed by atoms with E-state index < -0.39 is 0 Å². The SMILES string of the molecule is CC(C(=O)N1CCCC1CCCO)c1ccccc1. The lowest BCUT2D eigenvalue weighted by Gasteiger charge is -2.27. The van der Waals surface area contributed by atoms with Crippen molar-refractivity contribution in [2.24, 2.45) is 0 Å². The fourth-order valence-corrected chi connectivity index (χ4v) is 2.89. The molecule has 3 nitrogen and oxygen atoms in total. The molecule has 0 saturated carbocycles. The molecule has 1 heterocycles. The van der Waals surface area contributed by atoms with Crippen LogP contribution in [0.1, 0.15) is 44.1 Å². The minimum absolute atomic E-state index is 0.0732. The molecular weight excluding hydrogens is 238 g/mol. The maximum atomic E-state index is 12.6. The fraction of sp³-hybridized carbons (Fsp3) is 0.562. The second kappa shape index (κ2) is 6.71. The number of hydrogen-bond donors (Lipinski definition) is 1.